The third-order valence-corrected chi connectivity index (χ3v) is 7.40. The molecule has 2 amide bonds. The fourth-order valence-corrected chi connectivity index (χ4v) is 5.59. The molecule has 1 atom stereocenters. The summed E-state index contributed by atoms with van der Waals surface area (Å²) >= 11 is 6.21. The maximum atomic E-state index is 12.5. The second-order valence-electron chi connectivity index (χ2n) is 8.60. The van der Waals surface area contributed by atoms with E-state index in [9.17, 15) is 18.0 Å². The molecule has 4 heterocycles. The molecule has 188 valence electrons. The van der Waals surface area contributed by atoms with E-state index >= 15 is 0 Å². The van der Waals surface area contributed by atoms with Crippen molar-refractivity contribution in [3.05, 3.63) is 47.5 Å². The van der Waals surface area contributed by atoms with Gasteiger partial charge in [-0.15, -0.1) is 0 Å². The van der Waals surface area contributed by atoms with Gasteiger partial charge in [-0.2, -0.15) is 5.10 Å². The number of likely N-dealkylation sites (tertiary alicyclic amines) is 1. The van der Waals surface area contributed by atoms with Crippen LogP contribution in [-0.4, -0.2) is 80.6 Å². The van der Waals surface area contributed by atoms with Gasteiger partial charge in [-0.1, -0.05) is 11.6 Å². The largest absolute Gasteiger partial charge is 0.465 e. The zero-order valence-corrected chi connectivity index (χ0v) is 20.7. The van der Waals surface area contributed by atoms with E-state index in [1.807, 2.05) is 10.6 Å². The second kappa shape index (κ2) is 9.06. The van der Waals surface area contributed by atoms with Crippen LogP contribution < -0.4 is 5.32 Å². The summed E-state index contributed by atoms with van der Waals surface area (Å²) in [5.41, 5.74) is 2.03. The minimum atomic E-state index is -3.58. The Labute approximate surface area is 210 Å². The van der Waals surface area contributed by atoms with E-state index in [-0.39, 0.29) is 30.1 Å². The standard InChI is InChI=1S/C22H22ClN7O5S/c1-36(34,35)21-15-4-6-24-9-18(15)29(27-21)12-19-26-16-8-13(23)2-3-17(16)30(19)14-5-7-28(11-14)20(31)10-25-22(32)33/h2-4,6,8-9,14,25H,5,7,10-12H2,1H3,(H,32,33). The van der Waals surface area contributed by atoms with E-state index in [0.717, 1.165) is 11.8 Å². The number of aromatic nitrogens is 5. The third-order valence-electron chi connectivity index (χ3n) is 6.16. The molecule has 12 nitrogen and oxygen atoms in total. The number of nitrogens with one attached hydrogen (secondary N) is 1. The number of sulfone groups is 1. The summed E-state index contributed by atoms with van der Waals surface area (Å²) in [6.45, 7) is 0.701. The van der Waals surface area contributed by atoms with Gasteiger partial charge in [0.2, 0.25) is 5.91 Å². The lowest BCUT2D eigenvalue weighted by atomic mass is 10.2. The molecule has 1 saturated heterocycles. The zero-order chi connectivity index (χ0) is 25.6. The number of carbonyl (C=O) groups excluding carboxylic acids is 1. The lowest BCUT2D eigenvalue weighted by Gasteiger charge is -2.19. The van der Waals surface area contributed by atoms with Crippen molar-refractivity contribution in [3.63, 3.8) is 0 Å². The Kier molecular flexibility index (Phi) is 6.04. The molecule has 0 bridgehead atoms. The van der Waals surface area contributed by atoms with Crippen molar-refractivity contribution in [2.45, 2.75) is 24.0 Å². The molecule has 0 saturated carbocycles. The summed E-state index contributed by atoms with van der Waals surface area (Å²) in [5, 5.41) is 16.2. The molecule has 4 aromatic rings. The third kappa shape index (κ3) is 4.46. The molecule has 1 fully saturated rings. The highest BCUT2D eigenvalue weighted by molar-refractivity contribution is 7.90. The van der Waals surface area contributed by atoms with E-state index < -0.39 is 15.9 Å². The van der Waals surface area contributed by atoms with Crippen LogP contribution in [0.25, 0.3) is 21.9 Å². The maximum absolute atomic E-state index is 12.5. The molecule has 1 unspecified atom stereocenters. The van der Waals surface area contributed by atoms with Gasteiger partial charge in [-0.3, -0.25) is 14.5 Å². The van der Waals surface area contributed by atoms with Crippen LogP contribution in [-0.2, 0) is 21.2 Å². The van der Waals surface area contributed by atoms with Gasteiger partial charge in [-0.25, -0.2) is 18.2 Å². The lowest BCUT2D eigenvalue weighted by Crippen LogP contribution is -2.38. The quantitative estimate of drug-likeness (QED) is 0.383. The molecule has 1 aromatic carbocycles. The maximum Gasteiger partial charge on any atom is 0.405 e. The number of nitrogens with zero attached hydrogens (tertiary/aromatic N) is 6. The van der Waals surface area contributed by atoms with Gasteiger partial charge in [0.1, 0.15) is 12.4 Å². The summed E-state index contributed by atoms with van der Waals surface area (Å²) in [6, 6.07) is 6.85. The van der Waals surface area contributed by atoms with E-state index in [1.54, 1.807) is 34.0 Å². The van der Waals surface area contributed by atoms with Crippen LogP contribution in [0.5, 0.6) is 0 Å². The van der Waals surface area contributed by atoms with Crippen molar-refractivity contribution in [2.24, 2.45) is 0 Å². The molecular weight excluding hydrogens is 510 g/mol. The summed E-state index contributed by atoms with van der Waals surface area (Å²) in [7, 11) is -3.58. The number of rotatable bonds is 6. The van der Waals surface area contributed by atoms with Crippen molar-refractivity contribution in [3.8, 4) is 0 Å². The zero-order valence-electron chi connectivity index (χ0n) is 19.1. The Hall–Kier alpha value is -3.71. The van der Waals surface area contributed by atoms with Crippen LogP contribution >= 0.6 is 11.6 Å². The van der Waals surface area contributed by atoms with Gasteiger partial charge in [0, 0.05) is 36.0 Å². The number of hydrogen-bond acceptors (Lipinski definition) is 7. The van der Waals surface area contributed by atoms with Gasteiger partial charge in [0.05, 0.1) is 35.3 Å². The van der Waals surface area contributed by atoms with Crippen molar-refractivity contribution in [1.82, 2.24) is 34.5 Å². The van der Waals surface area contributed by atoms with Gasteiger partial charge in [-0.05, 0) is 30.7 Å². The number of imidazole rings is 1. The monoisotopic (exact) mass is 531 g/mol. The molecule has 1 aliphatic rings. The highest BCUT2D eigenvalue weighted by atomic mass is 35.5. The van der Waals surface area contributed by atoms with Gasteiger partial charge in [0.15, 0.2) is 14.9 Å². The smallest absolute Gasteiger partial charge is 0.405 e. The summed E-state index contributed by atoms with van der Waals surface area (Å²) in [5.74, 6) is 0.305. The van der Waals surface area contributed by atoms with E-state index in [0.29, 0.717) is 46.8 Å². The Bertz CT molecular complexity index is 1610. The number of carbonyl (C=O) groups is 2. The average Bonchev–Trinajstić information content (AvgIpc) is 3.52. The van der Waals surface area contributed by atoms with Gasteiger partial charge >= 0.3 is 6.09 Å². The van der Waals surface area contributed by atoms with E-state index in [4.69, 9.17) is 21.7 Å². The van der Waals surface area contributed by atoms with Crippen molar-refractivity contribution < 1.29 is 23.1 Å². The number of benzene rings is 1. The highest BCUT2D eigenvalue weighted by Crippen LogP contribution is 2.31. The molecule has 2 N–H and O–H groups in total. The first-order valence-electron chi connectivity index (χ1n) is 11.0. The van der Waals surface area contributed by atoms with Crippen molar-refractivity contribution >= 4 is 55.4 Å². The van der Waals surface area contributed by atoms with Crippen LogP contribution in [0.2, 0.25) is 5.02 Å². The van der Waals surface area contributed by atoms with E-state index in [1.165, 1.54) is 6.20 Å². The molecule has 14 heteroatoms. The second-order valence-corrected chi connectivity index (χ2v) is 11.0. The lowest BCUT2D eigenvalue weighted by molar-refractivity contribution is -0.129. The minimum absolute atomic E-state index is 0.0332. The predicted molar refractivity (Wildman–Crippen MR) is 131 cm³/mol. The van der Waals surface area contributed by atoms with Crippen LogP contribution in [0.15, 0.2) is 41.7 Å². The van der Waals surface area contributed by atoms with Crippen LogP contribution in [0.4, 0.5) is 4.79 Å². The number of carboxylic acid groups (broad SMARTS) is 1. The SMILES string of the molecule is CS(=O)(=O)c1nn(Cc2nc3cc(Cl)ccc3n2C2CCN(C(=O)CNC(=O)O)C2)c2cnccc12. The number of amides is 2. The van der Waals surface area contributed by atoms with Crippen LogP contribution in [0.1, 0.15) is 18.3 Å². The van der Waals surface area contributed by atoms with Crippen LogP contribution in [0, 0.1) is 0 Å². The number of pyridine rings is 1. The molecule has 3 aromatic heterocycles. The van der Waals surface area contributed by atoms with Crippen LogP contribution in [0.3, 0.4) is 0 Å². The fraction of sp³-hybridized carbons (Fsp3) is 0.318. The van der Waals surface area contributed by atoms with Gasteiger partial charge in [0.25, 0.3) is 0 Å². The first-order chi connectivity index (χ1) is 17.1. The first kappa shape index (κ1) is 24.0. The molecule has 5 rings (SSSR count). The normalized spacial score (nSPS) is 16.2. The molecule has 36 heavy (non-hydrogen) atoms. The molecule has 0 spiro atoms. The number of fused-ring (bicyclic) bond motifs is 2. The molecular formula is C22H22ClN7O5S. The Balaban J connectivity index is 1.54. The summed E-state index contributed by atoms with van der Waals surface area (Å²) < 4.78 is 28.3. The molecule has 0 radical (unpaired) electrons. The van der Waals surface area contributed by atoms with Gasteiger partial charge < -0.3 is 19.9 Å². The average molecular weight is 532 g/mol. The predicted octanol–water partition coefficient (Wildman–Crippen LogP) is 1.93. The Morgan fingerprint density at radius 1 is 1.25 bits per heavy atom. The van der Waals surface area contributed by atoms with Crippen molar-refractivity contribution in [2.75, 3.05) is 25.9 Å². The summed E-state index contributed by atoms with van der Waals surface area (Å²) in [4.78, 5) is 33.8. The topological polar surface area (TPSA) is 152 Å². The fourth-order valence-electron chi connectivity index (χ4n) is 4.60. The van der Waals surface area contributed by atoms with Crippen molar-refractivity contribution in [1.29, 1.82) is 0 Å². The highest BCUT2D eigenvalue weighted by Gasteiger charge is 2.31. The number of halogens is 1. The van der Waals surface area contributed by atoms with E-state index in [2.05, 4.69) is 15.4 Å². The number of hydrogen-bond donors (Lipinski definition) is 2. The minimum Gasteiger partial charge on any atom is -0.465 e. The molecule has 1 aliphatic heterocycles. The Morgan fingerprint density at radius 3 is 2.81 bits per heavy atom. The summed E-state index contributed by atoms with van der Waals surface area (Å²) in [6.07, 6.45) is 3.57. The Morgan fingerprint density at radius 2 is 2.06 bits per heavy atom. The molecule has 0 aliphatic carbocycles. The first-order valence-corrected chi connectivity index (χ1v) is 13.3.